The van der Waals surface area contributed by atoms with E-state index in [9.17, 15) is 0 Å². The SMILES string of the molecule is Ic1cccc2c1CN(Cc1ccccc1)C2. The molecule has 0 spiro atoms. The monoisotopic (exact) mass is 335 g/mol. The van der Waals surface area contributed by atoms with E-state index in [1.165, 1.54) is 20.3 Å². The van der Waals surface area contributed by atoms with Crippen molar-refractivity contribution >= 4 is 22.6 Å². The molecule has 2 aromatic rings. The third kappa shape index (κ3) is 2.38. The van der Waals surface area contributed by atoms with Crippen LogP contribution in [0.15, 0.2) is 48.5 Å². The molecular weight excluding hydrogens is 321 g/mol. The number of hydrogen-bond donors (Lipinski definition) is 0. The molecule has 1 heterocycles. The first-order valence-electron chi connectivity index (χ1n) is 5.85. The molecule has 0 amide bonds. The van der Waals surface area contributed by atoms with E-state index >= 15 is 0 Å². The van der Waals surface area contributed by atoms with Crippen molar-refractivity contribution in [1.29, 1.82) is 0 Å². The fourth-order valence-corrected chi connectivity index (χ4v) is 3.13. The van der Waals surface area contributed by atoms with Crippen molar-refractivity contribution in [3.05, 3.63) is 68.8 Å². The number of fused-ring (bicyclic) bond motifs is 1. The lowest BCUT2D eigenvalue weighted by Gasteiger charge is -2.14. The first-order valence-corrected chi connectivity index (χ1v) is 6.93. The molecule has 0 saturated carbocycles. The van der Waals surface area contributed by atoms with Gasteiger partial charge in [-0.3, -0.25) is 4.90 Å². The van der Waals surface area contributed by atoms with E-state index in [-0.39, 0.29) is 0 Å². The quantitative estimate of drug-likeness (QED) is 0.755. The zero-order chi connectivity index (χ0) is 11.7. The lowest BCUT2D eigenvalue weighted by molar-refractivity contribution is 0.275. The van der Waals surface area contributed by atoms with Crippen LogP contribution in [0.2, 0.25) is 0 Å². The second-order valence-corrected chi connectivity index (χ2v) is 5.67. The predicted octanol–water partition coefficient (Wildman–Crippen LogP) is 3.81. The molecule has 0 bridgehead atoms. The maximum atomic E-state index is 2.50. The Balaban J connectivity index is 1.77. The van der Waals surface area contributed by atoms with Gasteiger partial charge in [-0.25, -0.2) is 0 Å². The normalized spacial score (nSPS) is 14.9. The van der Waals surface area contributed by atoms with Gasteiger partial charge in [0.25, 0.3) is 0 Å². The van der Waals surface area contributed by atoms with Crippen molar-refractivity contribution in [2.24, 2.45) is 0 Å². The van der Waals surface area contributed by atoms with Gasteiger partial charge in [0.1, 0.15) is 0 Å². The van der Waals surface area contributed by atoms with E-state index in [4.69, 9.17) is 0 Å². The summed E-state index contributed by atoms with van der Waals surface area (Å²) in [7, 11) is 0. The maximum absolute atomic E-state index is 2.50. The Hall–Kier alpha value is -0.870. The van der Waals surface area contributed by atoms with Crippen LogP contribution in [0.25, 0.3) is 0 Å². The second-order valence-electron chi connectivity index (χ2n) is 4.51. The molecule has 0 aromatic heterocycles. The molecule has 0 radical (unpaired) electrons. The molecule has 0 atom stereocenters. The van der Waals surface area contributed by atoms with Gasteiger partial charge in [0.15, 0.2) is 0 Å². The number of benzene rings is 2. The van der Waals surface area contributed by atoms with E-state index in [0.29, 0.717) is 0 Å². The van der Waals surface area contributed by atoms with Crippen LogP contribution in [0.1, 0.15) is 16.7 Å². The lowest BCUT2D eigenvalue weighted by atomic mass is 10.1. The summed E-state index contributed by atoms with van der Waals surface area (Å²) in [5, 5.41) is 0. The van der Waals surface area contributed by atoms with Crippen molar-refractivity contribution in [3.8, 4) is 0 Å². The third-order valence-corrected chi connectivity index (χ3v) is 4.25. The first-order chi connectivity index (χ1) is 8.33. The average molecular weight is 335 g/mol. The van der Waals surface area contributed by atoms with E-state index in [1.54, 1.807) is 0 Å². The molecule has 0 N–H and O–H groups in total. The molecule has 0 saturated heterocycles. The Labute approximate surface area is 116 Å². The number of nitrogens with zero attached hydrogens (tertiary/aromatic N) is 1. The van der Waals surface area contributed by atoms with Crippen molar-refractivity contribution in [2.75, 3.05) is 0 Å². The highest BCUT2D eigenvalue weighted by Crippen LogP contribution is 2.27. The molecule has 3 rings (SSSR count). The number of halogens is 1. The Morgan fingerprint density at radius 3 is 2.53 bits per heavy atom. The van der Waals surface area contributed by atoms with Crippen molar-refractivity contribution in [1.82, 2.24) is 4.90 Å². The van der Waals surface area contributed by atoms with Crippen LogP contribution in [-0.4, -0.2) is 4.90 Å². The molecule has 2 heteroatoms. The predicted molar refractivity (Wildman–Crippen MR) is 78.6 cm³/mol. The van der Waals surface area contributed by atoms with Crippen LogP contribution in [0, 0.1) is 3.57 Å². The Bertz CT molecular complexity index is 522. The van der Waals surface area contributed by atoms with Gasteiger partial charge in [0, 0.05) is 23.2 Å². The first kappa shape index (κ1) is 11.2. The topological polar surface area (TPSA) is 3.24 Å². The Morgan fingerprint density at radius 1 is 0.941 bits per heavy atom. The Kier molecular flexibility index (Phi) is 3.16. The smallest absolute Gasteiger partial charge is 0.0254 e. The fraction of sp³-hybridized carbons (Fsp3) is 0.200. The van der Waals surface area contributed by atoms with Crippen molar-refractivity contribution in [3.63, 3.8) is 0 Å². The van der Waals surface area contributed by atoms with Crippen LogP contribution >= 0.6 is 22.6 Å². The summed E-state index contributed by atoms with van der Waals surface area (Å²) in [6.45, 7) is 3.22. The van der Waals surface area contributed by atoms with Gasteiger partial charge in [-0.2, -0.15) is 0 Å². The van der Waals surface area contributed by atoms with Gasteiger partial charge in [0.05, 0.1) is 0 Å². The van der Waals surface area contributed by atoms with Crippen LogP contribution in [-0.2, 0) is 19.6 Å². The standard InChI is InChI=1S/C15H14IN/c16-15-8-4-7-13-10-17(11-14(13)15)9-12-5-2-1-3-6-12/h1-8H,9-11H2. The molecule has 1 aliphatic rings. The van der Waals surface area contributed by atoms with E-state index in [0.717, 1.165) is 19.6 Å². The van der Waals surface area contributed by atoms with Crippen LogP contribution < -0.4 is 0 Å². The van der Waals surface area contributed by atoms with Gasteiger partial charge in [-0.1, -0.05) is 42.5 Å². The van der Waals surface area contributed by atoms with Gasteiger partial charge < -0.3 is 0 Å². The minimum Gasteiger partial charge on any atom is -0.291 e. The van der Waals surface area contributed by atoms with E-state index in [1.807, 2.05) is 0 Å². The summed E-state index contributed by atoms with van der Waals surface area (Å²) in [6.07, 6.45) is 0. The molecule has 17 heavy (non-hydrogen) atoms. The van der Waals surface area contributed by atoms with Crippen LogP contribution in [0.3, 0.4) is 0 Å². The second kappa shape index (κ2) is 4.78. The van der Waals surface area contributed by atoms with Crippen LogP contribution in [0.5, 0.6) is 0 Å². The molecule has 0 aliphatic carbocycles. The van der Waals surface area contributed by atoms with Crippen molar-refractivity contribution < 1.29 is 0 Å². The summed E-state index contributed by atoms with van der Waals surface area (Å²) in [5.41, 5.74) is 4.41. The summed E-state index contributed by atoms with van der Waals surface area (Å²) in [5.74, 6) is 0. The third-order valence-electron chi connectivity index (χ3n) is 3.24. The highest BCUT2D eigenvalue weighted by molar-refractivity contribution is 14.1. The largest absolute Gasteiger partial charge is 0.291 e. The van der Waals surface area contributed by atoms with E-state index in [2.05, 4.69) is 76.0 Å². The number of hydrogen-bond acceptors (Lipinski definition) is 1. The summed E-state index contributed by atoms with van der Waals surface area (Å²) < 4.78 is 1.40. The molecule has 0 unspecified atom stereocenters. The van der Waals surface area contributed by atoms with Crippen LogP contribution in [0.4, 0.5) is 0 Å². The molecule has 0 fully saturated rings. The molecular formula is C15H14IN. The van der Waals surface area contributed by atoms with Gasteiger partial charge in [0.2, 0.25) is 0 Å². The summed E-state index contributed by atoms with van der Waals surface area (Å²) in [4.78, 5) is 2.50. The highest BCUT2D eigenvalue weighted by atomic mass is 127. The number of rotatable bonds is 2. The van der Waals surface area contributed by atoms with Gasteiger partial charge in [-0.15, -0.1) is 0 Å². The minimum absolute atomic E-state index is 1.05. The Morgan fingerprint density at radius 2 is 1.76 bits per heavy atom. The summed E-state index contributed by atoms with van der Waals surface area (Å²) in [6, 6.07) is 17.3. The van der Waals surface area contributed by atoms with Gasteiger partial charge in [-0.05, 0) is 45.3 Å². The van der Waals surface area contributed by atoms with Crippen molar-refractivity contribution in [2.45, 2.75) is 19.6 Å². The highest BCUT2D eigenvalue weighted by Gasteiger charge is 2.20. The zero-order valence-corrected chi connectivity index (χ0v) is 11.7. The lowest BCUT2D eigenvalue weighted by Crippen LogP contribution is -2.15. The molecule has 1 nitrogen and oxygen atoms in total. The fourth-order valence-electron chi connectivity index (χ4n) is 2.40. The summed E-state index contributed by atoms with van der Waals surface area (Å²) >= 11 is 2.44. The molecule has 86 valence electrons. The van der Waals surface area contributed by atoms with E-state index < -0.39 is 0 Å². The van der Waals surface area contributed by atoms with Gasteiger partial charge >= 0.3 is 0 Å². The molecule has 1 aliphatic heterocycles. The maximum Gasteiger partial charge on any atom is 0.0254 e. The minimum atomic E-state index is 1.05. The zero-order valence-electron chi connectivity index (χ0n) is 9.57. The molecule has 2 aromatic carbocycles. The average Bonchev–Trinajstić information content (AvgIpc) is 2.74.